The molecule has 0 fully saturated rings. The Morgan fingerprint density at radius 2 is 1.88 bits per heavy atom. The zero-order valence-corrected chi connectivity index (χ0v) is 11.4. The summed E-state index contributed by atoms with van der Waals surface area (Å²) >= 11 is 0. The van der Waals surface area contributed by atoms with Crippen molar-refractivity contribution in [2.75, 3.05) is 13.6 Å². The van der Waals surface area contributed by atoms with Crippen LogP contribution in [0.2, 0.25) is 0 Å². The highest BCUT2D eigenvalue weighted by Crippen LogP contribution is 2.16. The molecule has 0 aliphatic rings. The molecule has 0 radical (unpaired) electrons. The molecule has 2 N–H and O–H groups in total. The number of sulfonamides is 1. The molecule has 0 aliphatic heterocycles. The molecule has 0 bridgehead atoms. The molecule has 5 heteroatoms. The number of hydrogen-bond donors (Lipinski definition) is 2. The first-order chi connectivity index (χ1) is 8.05. The van der Waals surface area contributed by atoms with Crippen molar-refractivity contribution in [2.24, 2.45) is 0 Å². The van der Waals surface area contributed by atoms with Gasteiger partial charge in [0.15, 0.2) is 0 Å². The van der Waals surface area contributed by atoms with Crippen LogP contribution in [0.3, 0.4) is 0 Å². The Balaban J connectivity index is 3.16. The van der Waals surface area contributed by atoms with Gasteiger partial charge in [-0.15, -0.1) is 0 Å². The van der Waals surface area contributed by atoms with Crippen LogP contribution in [-0.2, 0) is 23.0 Å². The zero-order chi connectivity index (χ0) is 12.9. The Bertz CT molecular complexity index is 469. The van der Waals surface area contributed by atoms with Gasteiger partial charge in [-0.25, -0.2) is 13.1 Å². The number of benzene rings is 1. The van der Waals surface area contributed by atoms with E-state index in [1.807, 2.05) is 13.1 Å². The van der Waals surface area contributed by atoms with Crippen molar-refractivity contribution in [3.63, 3.8) is 0 Å². The fourth-order valence-electron chi connectivity index (χ4n) is 1.74. The maximum absolute atomic E-state index is 11.9. The third-order valence-electron chi connectivity index (χ3n) is 2.57. The molecule has 1 aromatic carbocycles. The van der Waals surface area contributed by atoms with Gasteiger partial charge in [0.25, 0.3) is 0 Å². The molecule has 0 aromatic heterocycles. The van der Waals surface area contributed by atoms with E-state index in [1.54, 1.807) is 19.1 Å². The molecule has 0 unspecified atom stereocenters. The second kappa shape index (κ2) is 6.14. The summed E-state index contributed by atoms with van der Waals surface area (Å²) in [6.07, 6.45) is 0.901. The Labute approximate surface area is 103 Å². The molecule has 0 spiro atoms. The summed E-state index contributed by atoms with van der Waals surface area (Å²) in [7, 11) is -1.50. The number of hydrogen-bond acceptors (Lipinski definition) is 3. The predicted molar refractivity (Wildman–Crippen MR) is 69.4 cm³/mol. The summed E-state index contributed by atoms with van der Waals surface area (Å²) in [5.74, 6) is 0. The zero-order valence-electron chi connectivity index (χ0n) is 10.6. The minimum Gasteiger partial charge on any atom is -0.316 e. The van der Waals surface area contributed by atoms with E-state index in [4.69, 9.17) is 0 Å². The van der Waals surface area contributed by atoms with Crippen LogP contribution in [0, 0.1) is 0 Å². The van der Waals surface area contributed by atoms with Gasteiger partial charge >= 0.3 is 0 Å². The van der Waals surface area contributed by atoms with Gasteiger partial charge in [-0.2, -0.15) is 0 Å². The first-order valence-corrected chi connectivity index (χ1v) is 7.29. The van der Waals surface area contributed by atoms with E-state index in [0.717, 1.165) is 12.0 Å². The van der Waals surface area contributed by atoms with Crippen LogP contribution in [-0.4, -0.2) is 22.0 Å². The number of aryl methyl sites for hydroxylation is 1. The van der Waals surface area contributed by atoms with Gasteiger partial charge in [-0.3, -0.25) is 0 Å². The Hall–Kier alpha value is -0.910. The average molecular weight is 256 g/mol. The van der Waals surface area contributed by atoms with Gasteiger partial charge in [0, 0.05) is 13.1 Å². The standard InChI is InChI=1S/C12H20N2O2S/c1-4-10-6-7-12(8-11(10)9-13-3)17(15,16)14-5-2/h6-8,13-14H,4-5,9H2,1-3H3. The molecule has 4 nitrogen and oxygen atoms in total. The van der Waals surface area contributed by atoms with Gasteiger partial charge < -0.3 is 5.32 Å². The molecule has 0 heterocycles. The maximum Gasteiger partial charge on any atom is 0.240 e. The van der Waals surface area contributed by atoms with Gasteiger partial charge in [0.1, 0.15) is 0 Å². The van der Waals surface area contributed by atoms with Crippen LogP contribution >= 0.6 is 0 Å². The van der Waals surface area contributed by atoms with E-state index < -0.39 is 10.0 Å². The van der Waals surface area contributed by atoms with Crippen LogP contribution in [0.25, 0.3) is 0 Å². The van der Waals surface area contributed by atoms with Crippen molar-refractivity contribution in [1.29, 1.82) is 0 Å². The largest absolute Gasteiger partial charge is 0.316 e. The van der Waals surface area contributed by atoms with Crippen molar-refractivity contribution in [1.82, 2.24) is 10.0 Å². The van der Waals surface area contributed by atoms with Crippen molar-refractivity contribution in [3.8, 4) is 0 Å². The monoisotopic (exact) mass is 256 g/mol. The first kappa shape index (κ1) is 14.2. The minimum atomic E-state index is -3.35. The summed E-state index contributed by atoms with van der Waals surface area (Å²) in [5, 5.41) is 3.05. The second-order valence-electron chi connectivity index (χ2n) is 3.82. The van der Waals surface area contributed by atoms with Crippen molar-refractivity contribution in [3.05, 3.63) is 29.3 Å². The predicted octanol–water partition coefficient (Wildman–Crippen LogP) is 1.27. The van der Waals surface area contributed by atoms with E-state index in [9.17, 15) is 8.42 Å². The van der Waals surface area contributed by atoms with Crippen LogP contribution in [0.4, 0.5) is 0 Å². The van der Waals surface area contributed by atoms with E-state index in [2.05, 4.69) is 17.0 Å². The maximum atomic E-state index is 11.9. The number of nitrogens with one attached hydrogen (secondary N) is 2. The summed E-state index contributed by atoms with van der Waals surface area (Å²) < 4.78 is 26.2. The molecule has 0 saturated heterocycles. The summed E-state index contributed by atoms with van der Waals surface area (Å²) in [5.41, 5.74) is 2.21. The van der Waals surface area contributed by atoms with Crippen LogP contribution in [0.1, 0.15) is 25.0 Å². The molecule has 0 saturated carbocycles. The van der Waals surface area contributed by atoms with Crippen molar-refractivity contribution in [2.45, 2.75) is 31.7 Å². The summed E-state index contributed by atoms with van der Waals surface area (Å²) in [4.78, 5) is 0.335. The lowest BCUT2D eigenvalue weighted by atomic mass is 10.1. The quantitative estimate of drug-likeness (QED) is 0.806. The summed E-state index contributed by atoms with van der Waals surface area (Å²) in [6.45, 7) is 4.91. The average Bonchev–Trinajstić information content (AvgIpc) is 2.29. The van der Waals surface area contributed by atoms with Gasteiger partial charge in [-0.1, -0.05) is 19.9 Å². The highest BCUT2D eigenvalue weighted by Gasteiger charge is 2.14. The van der Waals surface area contributed by atoms with E-state index in [0.29, 0.717) is 18.0 Å². The third kappa shape index (κ3) is 3.52. The lowest BCUT2D eigenvalue weighted by molar-refractivity contribution is 0.583. The van der Waals surface area contributed by atoms with Crippen LogP contribution < -0.4 is 10.0 Å². The van der Waals surface area contributed by atoms with E-state index in [1.165, 1.54) is 5.56 Å². The number of rotatable bonds is 6. The molecule has 1 rings (SSSR count). The Kier molecular flexibility index (Phi) is 5.11. The summed E-state index contributed by atoms with van der Waals surface area (Å²) in [6, 6.07) is 5.29. The molecular weight excluding hydrogens is 236 g/mol. The van der Waals surface area contributed by atoms with Crippen molar-refractivity contribution < 1.29 is 8.42 Å². The SMILES string of the molecule is CCNS(=O)(=O)c1ccc(CC)c(CNC)c1. The first-order valence-electron chi connectivity index (χ1n) is 5.81. The molecule has 1 aromatic rings. The Morgan fingerprint density at radius 1 is 1.18 bits per heavy atom. The van der Waals surface area contributed by atoms with Gasteiger partial charge in [0.05, 0.1) is 4.90 Å². The normalized spacial score (nSPS) is 11.7. The van der Waals surface area contributed by atoms with Gasteiger partial charge in [-0.05, 0) is 36.7 Å². The molecule has 0 atom stereocenters. The highest BCUT2D eigenvalue weighted by molar-refractivity contribution is 7.89. The van der Waals surface area contributed by atoms with Gasteiger partial charge in [0.2, 0.25) is 10.0 Å². The molecule has 17 heavy (non-hydrogen) atoms. The highest BCUT2D eigenvalue weighted by atomic mass is 32.2. The van der Waals surface area contributed by atoms with Crippen LogP contribution in [0.15, 0.2) is 23.1 Å². The third-order valence-corrected chi connectivity index (χ3v) is 4.11. The molecular formula is C12H20N2O2S. The minimum absolute atomic E-state index is 0.335. The fraction of sp³-hybridized carbons (Fsp3) is 0.500. The molecule has 96 valence electrons. The van der Waals surface area contributed by atoms with E-state index >= 15 is 0 Å². The second-order valence-corrected chi connectivity index (χ2v) is 5.58. The lowest BCUT2D eigenvalue weighted by Crippen LogP contribution is -2.23. The molecule has 0 amide bonds. The lowest BCUT2D eigenvalue weighted by Gasteiger charge is -2.11. The van der Waals surface area contributed by atoms with Crippen LogP contribution in [0.5, 0.6) is 0 Å². The topological polar surface area (TPSA) is 58.2 Å². The van der Waals surface area contributed by atoms with E-state index in [-0.39, 0.29) is 0 Å². The smallest absolute Gasteiger partial charge is 0.240 e. The fourth-order valence-corrected chi connectivity index (χ4v) is 2.83. The molecule has 0 aliphatic carbocycles. The van der Waals surface area contributed by atoms with Crippen molar-refractivity contribution >= 4 is 10.0 Å². The Morgan fingerprint density at radius 3 is 2.41 bits per heavy atom.